The molecule has 0 bridgehead atoms. The van der Waals surface area contributed by atoms with Crippen molar-refractivity contribution in [2.24, 2.45) is 0 Å². The van der Waals surface area contributed by atoms with Crippen LogP contribution < -0.4 is 9.47 Å². The average molecular weight is 504 g/mol. The number of H-pyrrole nitrogens is 1. The summed E-state index contributed by atoms with van der Waals surface area (Å²) in [5, 5.41) is 2.89. The lowest BCUT2D eigenvalue weighted by molar-refractivity contribution is 0.0651. The molecule has 3 heterocycles. The normalized spacial score (nSPS) is 13.8. The van der Waals surface area contributed by atoms with Crippen LogP contribution in [0.25, 0.3) is 22.0 Å². The lowest BCUT2D eigenvalue weighted by Gasteiger charge is -2.31. The van der Waals surface area contributed by atoms with Crippen LogP contribution in [0, 0.1) is 6.92 Å². The highest BCUT2D eigenvalue weighted by Gasteiger charge is 2.22. The minimum Gasteiger partial charge on any atom is -0.488 e. The van der Waals surface area contributed by atoms with Crippen molar-refractivity contribution in [2.45, 2.75) is 26.4 Å². The second kappa shape index (κ2) is 10.6. The SMILES string of the molecule is COC[C@H](C)Oc1cc(Oc2ccc(C(=O)N3CCC3)cc2C)cc(-c2ccc(-c3nccs3)[nH]2)c1. The third-order valence-electron chi connectivity index (χ3n) is 6.07. The van der Waals surface area contributed by atoms with Crippen molar-refractivity contribution in [1.82, 2.24) is 14.9 Å². The molecule has 1 aliphatic heterocycles. The Morgan fingerprint density at radius 1 is 1.11 bits per heavy atom. The predicted octanol–water partition coefficient (Wildman–Crippen LogP) is 6.17. The van der Waals surface area contributed by atoms with E-state index in [0.717, 1.165) is 47.0 Å². The van der Waals surface area contributed by atoms with Crippen molar-refractivity contribution in [3.63, 3.8) is 0 Å². The molecule has 0 radical (unpaired) electrons. The lowest BCUT2D eigenvalue weighted by Crippen LogP contribution is -2.42. The Balaban J connectivity index is 1.43. The monoisotopic (exact) mass is 503 g/mol. The molecule has 4 aromatic rings. The molecular weight excluding hydrogens is 474 g/mol. The quantitative estimate of drug-likeness (QED) is 0.296. The van der Waals surface area contributed by atoms with E-state index in [1.807, 2.05) is 72.7 Å². The van der Waals surface area contributed by atoms with E-state index >= 15 is 0 Å². The lowest BCUT2D eigenvalue weighted by atomic mass is 10.1. The highest BCUT2D eigenvalue weighted by Crippen LogP contribution is 2.35. The molecule has 1 amide bonds. The second-order valence-electron chi connectivity index (χ2n) is 8.93. The van der Waals surface area contributed by atoms with Gasteiger partial charge in [-0.05, 0) is 68.3 Å². The second-order valence-corrected chi connectivity index (χ2v) is 9.82. The summed E-state index contributed by atoms with van der Waals surface area (Å²) in [4.78, 5) is 22.3. The van der Waals surface area contributed by atoms with Crippen LogP contribution in [0.5, 0.6) is 17.2 Å². The van der Waals surface area contributed by atoms with Gasteiger partial charge in [0, 0.05) is 54.7 Å². The van der Waals surface area contributed by atoms with E-state index in [9.17, 15) is 4.79 Å². The highest BCUT2D eigenvalue weighted by molar-refractivity contribution is 7.13. The molecule has 0 unspecified atom stereocenters. The molecule has 0 spiro atoms. The molecule has 1 saturated heterocycles. The van der Waals surface area contributed by atoms with Crippen molar-refractivity contribution < 1.29 is 19.0 Å². The fourth-order valence-corrected chi connectivity index (χ4v) is 4.74. The number of aromatic nitrogens is 2. The van der Waals surface area contributed by atoms with Gasteiger partial charge in [-0.2, -0.15) is 0 Å². The van der Waals surface area contributed by atoms with Crippen LogP contribution in [0.2, 0.25) is 0 Å². The zero-order valence-electron chi connectivity index (χ0n) is 20.6. The molecule has 0 aliphatic carbocycles. The van der Waals surface area contributed by atoms with Crippen LogP contribution in [0.4, 0.5) is 0 Å². The van der Waals surface area contributed by atoms with E-state index in [1.165, 1.54) is 0 Å². The summed E-state index contributed by atoms with van der Waals surface area (Å²) in [5.41, 5.74) is 4.40. The van der Waals surface area contributed by atoms with Gasteiger partial charge in [0.25, 0.3) is 5.91 Å². The molecule has 2 aromatic carbocycles. The minimum absolute atomic E-state index is 0.0727. The Labute approximate surface area is 214 Å². The van der Waals surface area contributed by atoms with Gasteiger partial charge in [0.1, 0.15) is 28.4 Å². The van der Waals surface area contributed by atoms with Crippen molar-refractivity contribution >= 4 is 17.2 Å². The van der Waals surface area contributed by atoms with Gasteiger partial charge in [-0.1, -0.05) is 0 Å². The fraction of sp³-hybridized carbons (Fsp3) is 0.286. The van der Waals surface area contributed by atoms with Crippen LogP contribution in [0.1, 0.15) is 29.3 Å². The number of rotatable bonds is 9. The van der Waals surface area contributed by atoms with Gasteiger partial charge in [0.15, 0.2) is 0 Å². The first kappa shape index (κ1) is 24.1. The molecule has 5 rings (SSSR count). The molecule has 186 valence electrons. The van der Waals surface area contributed by atoms with Gasteiger partial charge in [-0.15, -0.1) is 11.3 Å². The number of nitrogens with zero attached hydrogens (tertiary/aromatic N) is 2. The molecule has 1 atom stereocenters. The van der Waals surface area contributed by atoms with Crippen LogP contribution in [-0.4, -0.2) is 53.7 Å². The van der Waals surface area contributed by atoms with Crippen molar-refractivity contribution in [1.29, 1.82) is 0 Å². The Kier molecular flexibility index (Phi) is 7.06. The Morgan fingerprint density at radius 2 is 1.92 bits per heavy atom. The summed E-state index contributed by atoms with van der Waals surface area (Å²) < 4.78 is 17.7. The number of nitrogens with one attached hydrogen (secondary N) is 1. The number of carbonyl (C=O) groups is 1. The number of hydrogen-bond donors (Lipinski definition) is 1. The van der Waals surface area contributed by atoms with E-state index in [0.29, 0.717) is 29.4 Å². The Morgan fingerprint density at radius 3 is 2.61 bits per heavy atom. The molecule has 1 fully saturated rings. The average Bonchev–Trinajstić information content (AvgIpc) is 3.51. The van der Waals surface area contributed by atoms with Gasteiger partial charge in [0.05, 0.1) is 12.3 Å². The number of benzene rings is 2. The third-order valence-corrected chi connectivity index (χ3v) is 6.88. The topological polar surface area (TPSA) is 76.7 Å². The molecule has 1 N–H and O–H groups in total. The van der Waals surface area contributed by atoms with Crippen molar-refractivity contribution in [2.75, 3.05) is 26.8 Å². The Bertz CT molecular complexity index is 1340. The van der Waals surface area contributed by atoms with E-state index in [2.05, 4.69) is 9.97 Å². The fourth-order valence-electron chi connectivity index (χ4n) is 4.13. The molecule has 0 saturated carbocycles. The van der Waals surface area contributed by atoms with Crippen LogP contribution in [-0.2, 0) is 4.74 Å². The van der Waals surface area contributed by atoms with E-state index in [1.54, 1.807) is 24.6 Å². The number of thiazole rings is 1. The van der Waals surface area contributed by atoms with E-state index in [4.69, 9.17) is 14.2 Å². The first-order valence-electron chi connectivity index (χ1n) is 12.0. The number of aryl methyl sites for hydroxylation is 1. The van der Waals surface area contributed by atoms with Gasteiger partial charge < -0.3 is 24.1 Å². The van der Waals surface area contributed by atoms with Crippen molar-refractivity contribution in [3.05, 3.63) is 71.2 Å². The number of hydrogen-bond acceptors (Lipinski definition) is 6. The molecule has 36 heavy (non-hydrogen) atoms. The summed E-state index contributed by atoms with van der Waals surface area (Å²) >= 11 is 1.59. The standard InChI is InChI=1S/C28H29N3O4S/c1-18-13-20(28(32)31-10-4-11-31)5-8-26(18)35-23-15-21(14-22(16-23)34-19(2)17-33-3)24-6-7-25(30-24)27-29-9-12-36-27/h5-9,12-16,19,30H,4,10-11,17H2,1-3H3/t19-/m0/s1. The first-order chi connectivity index (χ1) is 17.5. The highest BCUT2D eigenvalue weighted by atomic mass is 32.1. The van der Waals surface area contributed by atoms with Crippen molar-refractivity contribution in [3.8, 4) is 39.2 Å². The summed E-state index contributed by atoms with van der Waals surface area (Å²) in [6.45, 7) is 6.05. The largest absolute Gasteiger partial charge is 0.488 e. The molecule has 7 nitrogen and oxygen atoms in total. The predicted molar refractivity (Wildman–Crippen MR) is 141 cm³/mol. The van der Waals surface area contributed by atoms with Crippen LogP contribution in [0.15, 0.2) is 60.1 Å². The van der Waals surface area contributed by atoms with Crippen LogP contribution >= 0.6 is 11.3 Å². The van der Waals surface area contributed by atoms with Gasteiger partial charge in [-0.25, -0.2) is 4.98 Å². The Hall–Kier alpha value is -3.62. The minimum atomic E-state index is -0.124. The van der Waals surface area contributed by atoms with Gasteiger partial charge in [0.2, 0.25) is 0 Å². The number of methoxy groups -OCH3 is 1. The maximum atomic E-state index is 12.6. The molecular formula is C28H29N3O4S. The summed E-state index contributed by atoms with van der Waals surface area (Å²) in [5.74, 6) is 2.09. The van der Waals surface area contributed by atoms with Gasteiger partial charge in [-0.3, -0.25) is 4.79 Å². The van der Waals surface area contributed by atoms with E-state index < -0.39 is 0 Å². The van der Waals surface area contributed by atoms with Gasteiger partial charge >= 0.3 is 0 Å². The number of ether oxygens (including phenoxy) is 3. The maximum Gasteiger partial charge on any atom is 0.253 e. The maximum absolute atomic E-state index is 12.6. The number of carbonyl (C=O) groups excluding carboxylic acids is 1. The summed E-state index contributed by atoms with van der Waals surface area (Å²) in [7, 11) is 1.66. The first-order valence-corrected chi connectivity index (χ1v) is 12.9. The number of aromatic amines is 1. The van der Waals surface area contributed by atoms with Crippen LogP contribution in [0.3, 0.4) is 0 Å². The zero-order chi connectivity index (χ0) is 25.1. The number of amides is 1. The zero-order valence-corrected chi connectivity index (χ0v) is 21.4. The van der Waals surface area contributed by atoms with E-state index in [-0.39, 0.29) is 12.0 Å². The summed E-state index contributed by atoms with van der Waals surface area (Å²) in [6, 6.07) is 15.5. The summed E-state index contributed by atoms with van der Waals surface area (Å²) in [6.07, 6.45) is 2.74. The number of likely N-dealkylation sites (tertiary alicyclic amines) is 1. The third kappa shape index (κ3) is 5.29. The molecule has 1 aliphatic rings. The smallest absolute Gasteiger partial charge is 0.253 e. The molecule has 8 heteroatoms. The molecule has 2 aromatic heterocycles.